The van der Waals surface area contributed by atoms with Crippen molar-refractivity contribution in [2.24, 2.45) is 0 Å². The van der Waals surface area contributed by atoms with Crippen LogP contribution in [0.15, 0.2) is 54.6 Å². The third-order valence-corrected chi connectivity index (χ3v) is 3.51. The minimum atomic E-state index is -0.0861. The number of hydrogen-bond acceptors (Lipinski definition) is 2. The first kappa shape index (κ1) is 11.9. The number of carbonyl (C=O) groups excluding carboxylic acids is 1. The Morgan fingerprint density at radius 1 is 1.00 bits per heavy atom. The molecule has 2 aromatic rings. The van der Waals surface area contributed by atoms with E-state index in [1.54, 1.807) is 4.90 Å². The maximum absolute atomic E-state index is 12.4. The molecule has 1 heterocycles. The molecule has 3 nitrogen and oxygen atoms in total. The van der Waals surface area contributed by atoms with Gasteiger partial charge in [0.25, 0.3) is 5.91 Å². The zero-order valence-electron chi connectivity index (χ0n) is 10.5. The summed E-state index contributed by atoms with van der Waals surface area (Å²) in [6.07, 6.45) is 0. The molecule has 1 N–H and O–H groups in total. The lowest BCUT2D eigenvalue weighted by molar-refractivity contribution is 0.0712. The average molecular weight is 253 g/mol. The SMILES string of the molecule is O=C1c2ccccc2[C@H](c2ccccc2)N1CCO. The summed E-state index contributed by atoms with van der Waals surface area (Å²) in [7, 11) is 0. The van der Waals surface area contributed by atoms with E-state index in [-0.39, 0.29) is 18.6 Å². The predicted octanol–water partition coefficient (Wildman–Crippen LogP) is 2.22. The molecule has 0 spiro atoms. The summed E-state index contributed by atoms with van der Waals surface area (Å²) in [6, 6.07) is 17.5. The second kappa shape index (κ2) is 4.86. The van der Waals surface area contributed by atoms with Crippen molar-refractivity contribution in [3.05, 3.63) is 71.3 Å². The van der Waals surface area contributed by atoms with Gasteiger partial charge in [-0.1, -0.05) is 48.5 Å². The molecule has 0 bridgehead atoms. The molecule has 1 amide bonds. The van der Waals surface area contributed by atoms with Crippen molar-refractivity contribution >= 4 is 5.91 Å². The van der Waals surface area contributed by atoms with Crippen molar-refractivity contribution in [3.63, 3.8) is 0 Å². The molecule has 0 saturated carbocycles. The van der Waals surface area contributed by atoms with E-state index in [9.17, 15) is 9.90 Å². The summed E-state index contributed by atoms with van der Waals surface area (Å²) in [5, 5.41) is 9.19. The summed E-state index contributed by atoms with van der Waals surface area (Å²) in [5.41, 5.74) is 2.84. The third kappa shape index (κ3) is 1.92. The summed E-state index contributed by atoms with van der Waals surface area (Å²) < 4.78 is 0. The van der Waals surface area contributed by atoms with Gasteiger partial charge in [-0.15, -0.1) is 0 Å². The first-order valence-electron chi connectivity index (χ1n) is 6.38. The van der Waals surface area contributed by atoms with Gasteiger partial charge >= 0.3 is 0 Å². The Morgan fingerprint density at radius 2 is 1.68 bits per heavy atom. The van der Waals surface area contributed by atoms with Crippen LogP contribution in [0.5, 0.6) is 0 Å². The third-order valence-electron chi connectivity index (χ3n) is 3.51. The van der Waals surface area contributed by atoms with Crippen molar-refractivity contribution in [1.29, 1.82) is 0 Å². The standard InChI is InChI=1S/C16H15NO2/c18-11-10-17-15(12-6-2-1-3-7-12)13-8-4-5-9-14(13)16(17)19/h1-9,15,18H,10-11H2/t15-/m0/s1. The lowest BCUT2D eigenvalue weighted by Gasteiger charge is -2.25. The zero-order chi connectivity index (χ0) is 13.2. The predicted molar refractivity (Wildman–Crippen MR) is 72.8 cm³/mol. The molecular formula is C16H15NO2. The van der Waals surface area contributed by atoms with Crippen LogP contribution in [0, 0.1) is 0 Å². The van der Waals surface area contributed by atoms with Gasteiger partial charge in [0.1, 0.15) is 0 Å². The number of nitrogens with zero attached hydrogens (tertiary/aromatic N) is 1. The lowest BCUT2D eigenvalue weighted by atomic mass is 9.98. The molecule has 1 aliphatic rings. The smallest absolute Gasteiger partial charge is 0.255 e. The molecule has 96 valence electrons. The number of amides is 1. The molecule has 2 aromatic carbocycles. The van der Waals surface area contributed by atoms with Gasteiger partial charge in [-0.05, 0) is 17.2 Å². The van der Waals surface area contributed by atoms with Crippen LogP contribution >= 0.6 is 0 Å². The van der Waals surface area contributed by atoms with Crippen molar-refractivity contribution in [2.75, 3.05) is 13.2 Å². The summed E-state index contributed by atoms with van der Waals surface area (Å²) in [6.45, 7) is 0.330. The molecule has 3 heteroatoms. The highest BCUT2D eigenvalue weighted by atomic mass is 16.3. The Balaban J connectivity index is 2.11. The fourth-order valence-electron chi connectivity index (χ4n) is 2.70. The van der Waals surface area contributed by atoms with Gasteiger partial charge in [-0.3, -0.25) is 4.79 Å². The number of benzene rings is 2. The minimum absolute atomic E-state index is 0.00139. The Morgan fingerprint density at radius 3 is 2.42 bits per heavy atom. The number of aliphatic hydroxyl groups excluding tert-OH is 1. The van der Waals surface area contributed by atoms with Crippen LogP contribution in [-0.2, 0) is 0 Å². The zero-order valence-corrected chi connectivity index (χ0v) is 10.5. The van der Waals surface area contributed by atoms with Crippen LogP contribution in [0.25, 0.3) is 0 Å². The van der Waals surface area contributed by atoms with Gasteiger partial charge in [0, 0.05) is 12.1 Å². The second-order valence-electron chi connectivity index (χ2n) is 4.62. The summed E-state index contributed by atoms with van der Waals surface area (Å²) in [4.78, 5) is 14.1. The van der Waals surface area contributed by atoms with Gasteiger partial charge in [0.2, 0.25) is 0 Å². The van der Waals surface area contributed by atoms with Crippen LogP contribution in [0.4, 0.5) is 0 Å². The van der Waals surface area contributed by atoms with Crippen LogP contribution in [0.1, 0.15) is 27.5 Å². The number of fused-ring (bicyclic) bond motifs is 1. The number of hydrogen-bond donors (Lipinski definition) is 1. The normalized spacial score (nSPS) is 17.6. The highest BCUT2D eigenvalue weighted by Gasteiger charge is 2.36. The van der Waals surface area contributed by atoms with Crippen molar-refractivity contribution < 1.29 is 9.90 Å². The first-order chi connectivity index (χ1) is 9.33. The number of β-amino-alcohol motifs (C(OH)–C–C–N with tert-alkyl or cyclic N) is 1. The largest absolute Gasteiger partial charge is 0.395 e. The van der Waals surface area contributed by atoms with E-state index >= 15 is 0 Å². The van der Waals surface area contributed by atoms with Gasteiger partial charge in [-0.25, -0.2) is 0 Å². The quantitative estimate of drug-likeness (QED) is 0.911. The van der Waals surface area contributed by atoms with Gasteiger partial charge in [0.05, 0.1) is 12.6 Å². The Hall–Kier alpha value is -2.13. The van der Waals surface area contributed by atoms with Crippen LogP contribution in [0.2, 0.25) is 0 Å². The molecule has 0 fully saturated rings. The van der Waals surface area contributed by atoms with Crippen LogP contribution in [0.3, 0.4) is 0 Å². The highest BCUT2D eigenvalue weighted by molar-refractivity contribution is 5.99. The molecule has 0 saturated heterocycles. The highest BCUT2D eigenvalue weighted by Crippen LogP contribution is 2.37. The van der Waals surface area contributed by atoms with E-state index in [2.05, 4.69) is 0 Å². The first-order valence-corrected chi connectivity index (χ1v) is 6.38. The van der Waals surface area contributed by atoms with Gasteiger partial charge < -0.3 is 10.0 Å². The minimum Gasteiger partial charge on any atom is -0.395 e. The van der Waals surface area contributed by atoms with E-state index < -0.39 is 0 Å². The Kier molecular flexibility index (Phi) is 3.05. The van der Waals surface area contributed by atoms with Crippen LogP contribution < -0.4 is 0 Å². The molecule has 0 aromatic heterocycles. The van der Waals surface area contributed by atoms with Crippen molar-refractivity contribution in [1.82, 2.24) is 4.90 Å². The van der Waals surface area contributed by atoms with E-state index in [0.717, 1.165) is 16.7 Å². The second-order valence-corrected chi connectivity index (χ2v) is 4.62. The number of carbonyl (C=O) groups is 1. The lowest BCUT2D eigenvalue weighted by Crippen LogP contribution is -2.31. The Labute approximate surface area is 112 Å². The van der Waals surface area contributed by atoms with E-state index in [4.69, 9.17) is 0 Å². The Bertz CT molecular complexity index is 595. The summed E-state index contributed by atoms with van der Waals surface area (Å²) >= 11 is 0. The fourth-order valence-corrected chi connectivity index (χ4v) is 2.70. The van der Waals surface area contributed by atoms with Gasteiger partial charge in [-0.2, -0.15) is 0 Å². The van der Waals surface area contributed by atoms with Crippen molar-refractivity contribution in [2.45, 2.75) is 6.04 Å². The van der Waals surface area contributed by atoms with E-state index in [0.29, 0.717) is 6.54 Å². The topological polar surface area (TPSA) is 40.5 Å². The fraction of sp³-hybridized carbons (Fsp3) is 0.188. The van der Waals surface area contributed by atoms with E-state index in [1.165, 1.54) is 0 Å². The van der Waals surface area contributed by atoms with E-state index in [1.807, 2.05) is 54.6 Å². The maximum Gasteiger partial charge on any atom is 0.255 e. The van der Waals surface area contributed by atoms with Crippen molar-refractivity contribution in [3.8, 4) is 0 Å². The molecule has 1 atom stereocenters. The molecule has 0 unspecified atom stereocenters. The number of rotatable bonds is 3. The molecule has 0 aliphatic carbocycles. The number of aliphatic hydroxyl groups is 1. The molecule has 1 aliphatic heterocycles. The average Bonchev–Trinajstić information content (AvgIpc) is 2.74. The van der Waals surface area contributed by atoms with Gasteiger partial charge in [0.15, 0.2) is 0 Å². The monoisotopic (exact) mass is 253 g/mol. The molecule has 3 rings (SSSR count). The molecule has 0 radical (unpaired) electrons. The summed E-state index contributed by atoms with van der Waals surface area (Å²) in [5.74, 6) is -0.00139. The molecular weight excluding hydrogens is 238 g/mol. The molecule has 19 heavy (non-hydrogen) atoms. The maximum atomic E-state index is 12.4. The van der Waals surface area contributed by atoms with Crippen LogP contribution in [-0.4, -0.2) is 29.1 Å².